The van der Waals surface area contributed by atoms with Crippen LogP contribution in [-0.4, -0.2) is 26.0 Å². The van der Waals surface area contributed by atoms with Crippen LogP contribution in [0.1, 0.15) is 36.6 Å². The van der Waals surface area contributed by atoms with Gasteiger partial charge in [0.25, 0.3) is 0 Å². The summed E-state index contributed by atoms with van der Waals surface area (Å²) in [6.07, 6.45) is 0.864. The highest BCUT2D eigenvalue weighted by atomic mass is 32.2. The second-order valence-electron chi connectivity index (χ2n) is 8.66. The summed E-state index contributed by atoms with van der Waals surface area (Å²) in [5.41, 5.74) is 3.04. The SMILES string of the molecule is C[C@H](N=C1NC(=O)C(C)(c2ccc(CCO[Si](C)(C)C)cc2)S1)c1ccc(F)cc1. The van der Waals surface area contributed by atoms with Crippen LogP contribution in [0.5, 0.6) is 0 Å². The molecule has 1 heterocycles. The molecule has 3 rings (SSSR count). The molecule has 0 spiro atoms. The van der Waals surface area contributed by atoms with Crippen molar-refractivity contribution in [1.82, 2.24) is 5.32 Å². The number of nitrogens with zero attached hydrogens (tertiary/aromatic N) is 1. The van der Waals surface area contributed by atoms with E-state index in [9.17, 15) is 9.18 Å². The molecular weight excluding hydrogens is 415 g/mol. The van der Waals surface area contributed by atoms with E-state index in [1.807, 2.05) is 26.0 Å². The van der Waals surface area contributed by atoms with Gasteiger partial charge in [0.2, 0.25) is 5.91 Å². The van der Waals surface area contributed by atoms with E-state index >= 15 is 0 Å². The molecule has 1 aliphatic rings. The molecule has 160 valence electrons. The fourth-order valence-corrected chi connectivity index (χ4v) is 5.04. The van der Waals surface area contributed by atoms with Crippen LogP contribution in [0.2, 0.25) is 19.6 Å². The topological polar surface area (TPSA) is 50.7 Å². The van der Waals surface area contributed by atoms with E-state index in [1.165, 1.54) is 29.5 Å². The van der Waals surface area contributed by atoms with Crippen LogP contribution < -0.4 is 5.32 Å². The van der Waals surface area contributed by atoms with E-state index in [-0.39, 0.29) is 17.8 Å². The predicted octanol–water partition coefficient (Wildman–Crippen LogP) is 5.42. The first-order chi connectivity index (χ1) is 14.1. The van der Waals surface area contributed by atoms with Crippen LogP contribution in [0.4, 0.5) is 4.39 Å². The Morgan fingerprint density at radius 2 is 1.77 bits per heavy atom. The third-order valence-corrected chi connectivity index (χ3v) is 7.35. The third-order valence-electron chi connectivity index (χ3n) is 5.05. The quantitative estimate of drug-likeness (QED) is 0.581. The molecule has 4 nitrogen and oxygen atoms in total. The smallest absolute Gasteiger partial charge is 0.246 e. The number of nitrogens with one attached hydrogen (secondary N) is 1. The fraction of sp³-hybridized carbons (Fsp3) is 0.391. The number of thioether (sulfide) groups is 1. The van der Waals surface area contributed by atoms with Gasteiger partial charge in [-0.2, -0.15) is 0 Å². The molecule has 1 aliphatic heterocycles. The molecule has 2 atom stereocenters. The Morgan fingerprint density at radius 3 is 2.37 bits per heavy atom. The Bertz CT molecular complexity index is 926. The lowest BCUT2D eigenvalue weighted by Crippen LogP contribution is -2.31. The van der Waals surface area contributed by atoms with Crippen LogP contribution >= 0.6 is 11.8 Å². The van der Waals surface area contributed by atoms with Gasteiger partial charge in [0.1, 0.15) is 10.6 Å². The average molecular weight is 445 g/mol. The molecule has 1 saturated heterocycles. The molecule has 7 heteroatoms. The molecule has 0 bridgehead atoms. The summed E-state index contributed by atoms with van der Waals surface area (Å²) in [6.45, 7) is 11.1. The van der Waals surface area contributed by atoms with Gasteiger partial charge in [-0.25, -0.2) is 4.39 Å². The lowest BCUT2D eigenvalue weighted by molar-refractivity contribution is -0.121. The van der Waals surface area contributed by atoms with E-state index in [4.69, 9.17) is 4.43 Å². The van der Waals surface area contributed by atoms with Gasteiger partial charge < -0.3 is 9.74 Å². The Balaban J connectivity index is 1.68. The molecule has 1 N–H and O–H groups in total. The third kappa shape index (κ3) is 5.59. The summed E-state index contributed by atoms with van der Waals surface area (Å²) >= 11 is 1.42. The summed E-state index contributed by atoms with van der Waals surface area (Å²) in [7, 11) is -1.50. The van der Waals surface area contributed by atoms with Gasteiger partial charge in [-0.05, 0) is 68.7 Å². The lowest BCUT2D eigenvalue weighted by Gasteiger charge is -2.20. The van der Waals surface area contributed by atoms with Gasteiger partial charge in [0.05, 0.1) is 6.04 Å². The number of rotatable bonds is 7. The number of hydrogen-bond acceptors (Lipinski definition) is 4. The van der Waals surface area contributed by atoms with Crippen molar-refractivity contribution in [3.8, 4) is 0 Å². The van der Waals surface area contributed by atoms with Gasteiger partial charge in [0, 0.05) is 6.61 Å². The largest absolute Gasteiger partial charge is 0.417 e. The van der Waals surface area contributed by atoms with Crippen molar-refractivity contribution in [1.29, 1.82) is 0 Å². The van der Waals surface area contributed by atoms with Gasteiger partial charge in [-0.3, -0.25) is 9.79 Å². The highest BCUT2D eigenvalue weighted by Gasteiger charge is 2.44. The zero-order chi connectivity index (χ0) is 21.9. The van der Waals surface area contributed by atoms with Crippen LogP contribution in [0.25, 0.3) is 0 Å². The summed E-state index contributed by atoms with van der Waals surface area (Å²) in [6, 6.07) is 14.3. The molecule has 0 radical (unpaired) electrons. The van der Waals surface area contributed by atoms with E-state index in [0.717, 1.165) is 24.2 Å². The number of amides is 1. The number of hydrogen-bond donors (Lipinski definition) is 1. The maximum atomic E-state index is 13.1. The Labute approximate surface area is 183 Å². The minimum atomic E-state index is -1.50. The number of halogens is 1. The number of benzene rings is 2. The van der Waals surface area contributed by atoms with Crippen molar-refractivity contribution in [2.45, 2.75) is 50.7 Å². The monoisotopic (exact) mass is 444 g/mol. The first-order valence-corrected chi connectivity index (χ1v) is 14.4. The van der Waals surface area contributed by atoms with Crippen molar-refractivity contribution in [2.75, 3.05) is 6.61 Å². The van der Waals surface area contributed by atoms with E-state index < -0.39 is 13.1 Å². The maximum absolute atomic E-state index is 13.1. The zero-order valence-corrected chi connectivity index (χ0v) is 20.0. The van der Waals surface area contributed by atoms with Gasteiger partial charge in [-0.1, -0.05) is 48.2 Å². The van der Waals surface area contributed by atoms with Gasteiger partial charge >= 0.3 is 0 Å². The number of aliphatic imine (C=N–C) groups is 1. The zero-order valence-electron chi connectivity index (χ0n) is 18.2. The Morgan fingerprint density at radius 1 is 1.13 bits per heavy atom. The maximum Gasteiger partial charge on any atom is 0.246 e. The van der Waals surface area contributed by atoms with Crippen molar-refractivity contribution >= 4 is 31.2 Å². The Kier molecular flexibility index (Phi) is 6.84. The van der Waals surface area contributed by atoms with Crippen LogP contribution in [0.3, 0.4) is 0 Å². The highest BCUT2D eigenvalue weighted by molar-refractivity contribution is 8.15. The molecule has 0 saturated carbocycles. The normalized spacial score (nSPS) is 21.7. The fourth-order valence-electron chi connectivity index (χ4n) is 3.19. The van der Waals surface area contributed by atoms with Crippen LogP contribution in [0, 0.1) is 5.82 Å². The van der Waals surface area contributed by atoms with Crippen molar-refractivity contribution < 1.29 is 13.6 Å². The molecule has 1 fully saturated rings. The van der Waals surface area contributed by atoms with Crippen LogP contribution in [-0.2, 0) is 20.4 Å². The lowest BCUT2D eigenvalue weighted by atomic mass is 9.97. The standard InChI is InChI=1S/C23H29FN2O2SSi/c1-16(18-8-12-20(24)13-9-18)25-22-26-21(27)23(2,29-22)19-10-6-17(7-11-19)14-15-28-30(3,4)5/h6-13,16H,14-15H2,1-5H3,(H,25,26,27)/t16-,23?/m0/s1. The van der Waals surface area contributed by atoms with Crippen molar-refractivity contribution in [3.05, 3.63) is 71.0 Å². The van der Waals surface area contributed by atoms with Gasteiger partial charge in [0.15, 0.2) is 13.5 Å². The van der Waals surface area contributed by atoms with Crippen LogP contribution in [0.15, 0.2) is 53.5 Å². The Hall–Kier alpha value is -1.96. The summed E-state index contributed by atoms with van der Waals surface area (Å²) < 4.78 is 18.3. The number of carbonyl (C=O) groups is 1. The van der Waals surface area contributed by atoms with E-state index in [2.05, 4.69) is 42.1 Å². The molecule has 0 aromatic heterocycles. The molecule has 1 amide bonds. The first-order valence-electron chi connectivity index (χ1n) is 10.1. The first kappa shape index (κ1) is 22.7. The minimum Gasteiger partial charge on any atom is -0.417 e. The molecule has 2 aromatic carbocycles. The molecule has 1 unspecified atom stereocenters. The number of carbonyl (C=O) groups excluding carboxylic acids is 1. The average Bonchev–Trinajstić information content (AvgIpc) is 2.96. The summed E-state index contributed by atoms with van der Waals surface area (Å²) in [4.78, 5) is 17.4. The number of amidine groups is 1. The second-order valence-corrected chi connectivity index (χ2v) is 14.6. The highest BCUT2D eigenvalue weighted by Crippen LogP contribution is 2.41. The molecule has 2 aromatic rings. The minimum absolute atomic E-state index is 0.0765. The van der Waals surface area contributed by atoms with Crippen molar-refractivity contribution in [3.63, 3.8) is 0 Å². The van der Waals surface area contributed by atoms with Gasteiger partial charge in [-0.15, -0.1) is 0 Å². The molecule has 30 heavy (non-hydrogen) atoms. The summed E-state index contributed by atoms with van der Waals surface area (Å²) in [5, 5.41) is 3.49. The summed E-state index contributed by atoms with van der Waals surface area (Å²) in [5.74, 6) is -0.349. The predicted molar refractivity (Wildman–Crippen MR) is 125 cm³/mol. The van der Waals surface area contributed by atoms with E-state index in [1.54, 1.807) is 12.1 Å². The molecular formula is C23H29FN2O2SSi. The van der Waals surface area contributed by atoms with Crippen molar-refractivity contribution in [2.24, 2.45) is 4.99 Å². The second kappa shape index (κ2) is 9.04. The molecule has 0 aliphatic carbocycles. The van der Waals surface area contributed by atoms with E-state index in [0.29, 0.717) is 5.17 Å².